The maximum absolute atomic E-state index is 17.0. The standard InChI is InChI=1S/C31H28ClF5N6O3S/c1-13(44)18-11-45-26-22-25(24(37)21(23(26)32)15-3-4-17(34)27-20(15)16(8-38)28(39)47-27)40-30(41-29(22)43(18)10-19(35)36)46-12-31-5-2-6-42(31)9-14(33)7-31/h3-4,13-14,18-19,44H,2,5-7,9-12,39H2,1H3/t13-,14-,18+,31+/m1/s1. The minimum absolute atomic E-state index is 0.00619. The summed E-state index contributed by atoms with van der Waals surface area (Å²) in [4.78, 5) is 11.9. The van der Waals surface area contributed by atoms with Gasteiger partial charge in [-0.3, -0.25) is 4.90 Å². The first kappa shape index (κ1) is 31.9. The molecule has 2 fully saturated rings. The number of aromatic nitrogens is 2. The molecule has 3 N–H and O–H groups in total. The number of hydrogen-bond acceptors (Lipinski definition) is 10. The predicted octanol–water partition coefficient (Wildman–Crippen LogP) is 6.07. The Bertz CT molecular complexity index is 1960. The van der Waals surface area contributed by atoms with Crippen LogP contribution in [0.3, 0.4) is 0 Å². The molecule has 2 saturated heterocycles. The third-order valence-corrected chi connectivity index (χ3v) is 10.7. The van der Waals surface area contributed by atoms with Crippen molar-refractivity contribution in [2.24, 2.45) is 0 Å². The van der Waals surface area contributed by atoms with Crippen molar-refractivity contribution in [1.82, 2.24) is 14.9 Å². The minimum atomic E-state index is -2.89. The number of ether oxygens (including phenoxy) is 2. The highest BCUT2D eigenvalue weighted by Gasteiger charge is 2.49. The van der Waals surface area contributed by atoms with Gasteiger partial charge in [-0.15, -0.1) is 11.3 Å². The van der Waals surface area contributed by atoms with Gasteiger partial charge >= 0.3 is 6.01 Å². The third kappa shape index (κ3) is 5.08. The van der Waals surface area contributed by atoms with Gasteiger partial charge in [0.25, 0.3) is 6.43 Å². The fourth-order valence-electron chi connectivity index (χ4n) is 7.22. The number of nitrogen functional groups attached to an aromatic ring is 1. The summed E-state index contributed by atoms with van der Waals surface area (Å²) in [5.74, 6) is -2.07. The number of benzene rings is 2. The Morgan fingerprint density at radius 2 is 2.09 bits per heavy atom. The highest BCUT2D eigenvalue weighted by Crippen LogP contribution is 2.51. The molecule has 7 rings (SSSR count). The van der Waals surface area contributed by atoms with Gasteiger partial charge in [0.2, 0.25) is 0 Å². The van der Waals surface area contributed by atoms with E-state index in [1.54, 1.807) is 0 Å². The van der Waals surface area contributed by atoms with Crippen molar-refractivity contribution in [3.05, 3.63) is 34.4 Å². The van der Waals surface area contributed by atoms with Gasteiger partial charge in [-0.1, -0.05) is 17.7 Å². The van der Waals surface area contributed by atoms with E-state index in [4.69, 9.17) is 26.8 Å². The number of fused-ring (bicyclic) bond motifs is 2. The van der Waals surface area contributed by atoms with Crippen molar-refractivity contribution in [2.45, 2.75) is 56.5 Å². The van der Waals surface area contributed by atoms with Crippen LogP contribution in [0.4, 0.5) is 32.8 Å². The monoisotopic (exact) mass is 694 g/mol. The summed E-state index contributed by atoms with van der Waals surface area (Å²) < 4.78 is 86.5. The molecule has 0 spiro atoms. The number of alkyl halides is 3. The largest absolute Gasteiger partial charge is 0.489 e. The molecule has 0 aliphatic carbocycles. The molecule has 0 bridgehead atoms. The molecule has 0 amide bonds. The van der Waals surface area contributed by atoms with E-state index in [-0.39, 0.29) is 85.9 Å². The van der Waals surface area contributed by atoms with Gasteiger partial charge in [-0.05, 0) is 37.9 Å². The van der Waals surface area contributed by atoms with E-state index < -0.39 is 54.0 Å². The molecule has 248 valence electrons. The zero-order chi connectivity index (χ0) is 33.4. The fraction of sp³-hybridized carbons (Fsp3) is 0.452. The van der Waals surface area contributed by atoms with Crippen LogP contribution in [-0.4, -0.2) is 83.1 Å². The second-order valence-corrected chi connectivity index (χ2v) is 13.6. The first-order valence-electron chi connectivity index (χ1n) is 14.9. The van der Waals surface area contributed by atoms with Gasteiger partial charge in [0.15, 0.2) is 11.6 Å². The third-order valence-electron chi connectivity index (χ3n) is 9.34. The summed E-state index contributed by atoms with van der Waals surface area (Å²) in [6.07, 6.45) is -3.43. The van der Waals surface area contributed by atoms with Gasteiger partial charge in [-0.25, -0.2) is 22.0 Å². The Balaban J connectivity index is 1.48. The Morgan fingerprint density at radius 1 is 1.30 bits per heavy atom. The van der Waals surface area contributed by atoms with Crippen molar-refractivity contribution in [3.63, 3.8) is 0 Å². The lowest BCUT2D eigenvalue weighted by molar-refractivity contribution is 0.105. The molecule has 2 aromatic heterocycles. The fourth-order valence-corrected chi connectivity index (χ4v) is 8.50. The van der Waals surface area contributed by atoms with Crippen molar-refractivity contribution in [1.29, 1.82) is 5.26 Å². The Morgan fingerprint density at radius 3 is 2.81 bits per heavy atom. The lowest BCUT2D eigenvalue weighted by Crippen LogP contribution is -2.48. The molecule has 4 atom stereocenters. The van der Waals surface area contributed by atoms with Crippen LogP contribution >= 0.6 is 22.9 Å². The smallest absolute Gasteiger partial charge is 0.319 e. The van der Waals surface area contributed by atoms with Crippen molar-refractivity contribution >= 4 is 54.7 Å². The summed E-state index contributed by atoms with van der Waals surface area (Å²) >= 11 is 7.68. The molecule has 16 heteroatoms. The van der Waals surface area contributed by atoms with Crippen molar-refractivity contribution < 1.29 is 36.5 Å². The molecule has 2 aromatic carbocycles. The molecule has 0 unspecified atom stereocenters. The molecular weight excluding hydrogens is 667 g/mol. The predicted molar refractivity (Wildman–Crippen MR) is 167 cm³/mol. The number of anilines is 2. The topological polar surface area (TPSA) is 121 Å². The zero-order valence-electron chi connectivity index (χ0n) is 24.9. The van der Waals surface area contributed by atoms with Crippen LogP contribution < -0.4 is 20.1 Å². The molecule has 0 radical (unpaired) electrons. The lowest BCUT2D eigenvalue weighted by atomic mass is 9.95. The molecular formula is C31H28ClF5N6O3S. The maximum atomic E-state index is 17.0. The van der Waals surface area contributed by atoms with E-state index in [1.165, 1.54) is 13.0 Å². The molecule has 3 aliphatic rings. The average Bonchev–Trinajstić information content (AvgIpc) is 3.63. The van der Waals surface area contributed by atoms with E-state index in [9.17, 15) is 27.9 Å². The van der Waals surface area contributed by atoms with Crippen LogP contribution in [0.5, 0.6) is 11.8 Å². The average molecular weight is 695 g/mol. The van der Waals surface area contributed by atoms with Crippen LogP contribution in [0.25, 0.3) is 32.1 Å². The van der Waals surface area contributed by atoms with Gasteiger partial charge in [0.05, 0.1) is 44.9 Å². The number of rotatable bonds is 7. The highest BCUT2D eigenvalue weighted by atomic mass is 35.5. The number of nitrogens with two attached hydrogens (primary N) is 1. The first-order chi connectivity index (χ1) is 22.4. The van der Waals surface area contributed by atoms with E-state index in [0.717, 1.165) is 28.7 Å². The second-order valence-electron chi connectivity index (χ2n) is 12.2. The van der Waals surface area contributed by atoms with Gasteiger partial charge in [0.1, 0.15) is 47.6 Å². The highest BCUT2D eigenvalue weighted by molar-refractivity contribution is 7.23. The lowest BCUT2D eigenvalue weighted by Gasteiger charge is -2.33. The number of thiophene rings is 1. The second kappa shape index (κ2) is 11.8. The number of aliphatic hydroxyl groups is 1. The molecule has 5 heterocycles. The van der Waals surface area contributed by atoms with Crippen LogP contribution in [0.1, 0.15) is 31.7 Å². The van der Waals surface area contributed by atoms with Gasteiger partial charge in [-0.2, -0.15) is 15.2 Å². The molecule has 47 heavy (non-hydrogen) atoms. The number of nitrogens with zero attached hydrogens (tertiary/aromatic N) is 5. The SMILES string of the molecule is C[C@@H](O)[C@@H]1COc2c(Cl)c(-c3ccc(F)c4sc(N)c(C#N)c34)c(F)c3nc(OC[C@@]45CCCN4C[C@H](F)C5)nc(c23)N1CC(F)F. The summed E-state index contributed by atoms with van der Waals surface area (Å²) in [5.41, 5.74) is 4.65. The number of halogens is 6. The number of aliphatic hydroxyl groups excluding tert-OH is 1. The van der Waals surface area contributed by atoms with E-state index in [0.29, 0.717) is 13.0 Å². The van der Waals surface area contributed by atoms with Crippen LogP contribution in [0.15, 0.2) is 12.1 Å². The van der Waals surface area contributed by atoms with E-state index in [2.05, 4.69) is 9.97 Å². The minimum Gasteiger partial charge on any atom is -0.489 e. The normalized spacial score (nSPS) is 23.3. The van der Waals surface area contributed by atoms with Crippen LogP contribution in [0, 0.1) is 23.0 Å². The van der Waals surface area contributed by atoms with Crippen LogP contribution in [-0.2, 0) is 0 Å². The first-order valence-corrected chi connectivity index (χ1v) is 16.1. The quantitative estimate of drug-likeness (QED) is 0.222. The van der Waals surface area contributed by atoms with Gasteiger partial charge in [0, 0.05) is 23.9 Å². The van der Waals surface area contributed by atoms with Crippen molar-refractivity contribution in [2.75, 3.05) is 43.5 Å². The summed E-state index contributed by atoms with van der Waals surface area (Å²) in [6.45, 7) is 1.06. The van der Waals surface area contributed by atoms with Gasteiger partial charge < -0.3 is 25.2 Å². The van der Waals surface area contributed by atoms with E-state index >= 15 is 4.39 Å². The zero-order valence-corrected chi connectivity index (χ0v) is 26.4. The molecule has 0 saturated carbocycles. The Hall–Kier alpha value is -3.71. The molecule has 4 aromatic rings. The summed E-state index contributed by atoms with van der Waals surface area (Å²) in [6, 6.07) is 2.86. The van der Waals surface area contributed by atoms with Crippen LogP contribution in [0.2, 0.25) is 5.02 Å². The molecule has 9 nitrogen and oxygen atoms in total. The number of hydrogen-bond donors (Lipinski definition) is 2. The Kier molecular flexibility index (Phi) is 7.98. The molecule has 3 aliphatic heterocycles. The number of nitriles is 1. The summed E-state index contributed by atoms with van der Waals surface area (Å²) in [7, 11) is 0. The summed E-state index contributed by atoms with van der Waals surface area (Å²) in [5, 5.41) is 20.1. The Labute approximate surface area is 274 Å². The van der Waals surface area contributed by atoms with Crippen molar-refractivity contribution in [3.8, 4) is 29.0 Å². The van der Waals surface area contributed by atoms with E-state index in [1.807, 2.05) is 11.0 Å². The maximum Gasteiger partial charge on any atom is 0.319 e.